The highest BCUT2D eigenvalue weighted by Gasteiger charge is 2.68. The number of carbonyl (C=O) groups is 1. The fourth-order valence-electron chi connectivity index (χ4n) is 5.74. The number of hydrogen-bond acceptors (Lipinski definition) is 2. The lowest BCUT2D eigenvalue weighted by Crippen LogP contribution is -2.39. The zero-order valence-electron chi connectivity index (χ0n) is 20.1. The summed E-state index contributed by atoms with van der Waals surface area (Å²) in [5.74, 6) is -1.43. The third-order valence-electron chi connectivity index (χ3n) is 8.39. The van der Waals surface area contributed by atoms with Crippen LogP contribution in [0, 0.1) is 39.2 Å². The number of halogens is 3. The Bertz CT molecular complexity index is 1160. The van der Waals surface area contributed by atoms with Crippen LogP contribution in [0.5, 0.6) is 0 Å². The minimum Gasteiger partial charge on any atom is -0.342 e. The first kappa shape index (κ1) is 24.7. The number of hydrogen-bond donors (Lipinski definition) is 0. The molecule has 2 aromatic carbocycles. The number of nitrogens with zero attached hydrogens (tertiary/aromatic N) is 2. The number of likely N-dealkylation sites (tertiary alicyclic amines) is 1. The van der Waals surface area contributed by atoms with Crippen molar-refractivity contribution in [3.63, 3.8) is 0 Å². The van der Waals surface area contributed by atoms with Gasteiger partial charge in [-0.25, -0.2) is 8.78 Å². The highest BCUT2D eigenvalue weighted by molar-refractivity contribution is 6.31. The summed E-state index contributed by atoms with van der Waals surface area (Å²) >= 11 is 6.24. The molecule has 2 aromatic rings. The van der Waals surface area contributed by atoms with E-state index in [0.717, 1.165) is 43.7 Å². The summed E-state index contributed by atoms with van der Waals surface area (Å²) in [6.45, 7) is 7.37. The van der Waals surface area contributed by atoms with E-state index in [1.165, 1.54) is 0 Å². The average Bonchev–Trinajstić information content (AvgIpc) is 3.18. The number of aryl methyl sites for hydroxylation is 1. The minimum atomic E-state index is -0.825. The van der Waals surface area contributed by atoms with E-state index >= 15 is 0 Å². The van der Waals surface area contributed by atoms with Crippen molar-refractivity contribution in [2.24, 2.45) is 16.2 Å². The average molecular weight is 485 g/mol. The minimum absolute atomic E-state index is 0.0817. The van der Waals surface area contributed by atoms with Gasteiger partial charge < -0.3 is 4.90 Å². The van der Waals surface area contributed by atoms with E-state index in [1.807, 2.05) is 37.8 Å². The summed E-state index contributed by atoms with van der Waals surface area (Å²) in [6.07, 6.45) is 4.48. The molecule has 1 amide bonds. The van der Waals surface area contributed by atoms with E-state index in [2.05, 4.69) is 6.07 Å². The van der Waals surface area contributed by atoms with Gasteiger partial charge in [0.1, 0.15) is 6.07 Å². The molecular formula is C28H31ClF2N2O. The Labute approximate surface area is 205 Å². The first-order valence-corrected chi connectivity index (χ1v) is 12.3. The molecule has 180 valence electrons. The van der Waals surface area contributed by atoms with Gasteiger partial charge in [-0.15, -0.1) is 0 Å². The molecule has 1 saturated carbocycles. The first-order chi connectivity index (χ1) is 16.1. The maximum Gasteiger partial charge on any atom is 0.228 e. The van der Waals surface area contributed by atoms with Crippen LogP contribution in [-0.4, -0.2) is 23.9 Å². The predicted molar refractivity (Wildman–Crippen MR) is 129 cm³/mol. The lowest BCUT2D eigenvalue weighted by atomic mass is 9.81. The maximum absolute atomic E-state index is 14.7. The fraction of sp³-hybridized carbons (Fsp3) is 0.500. The lowest BCUT2D eigenvalue weighted by molar-refractivity contribution is -0.139. The van der Waals surface area contributed by atoms with Gasteiger partial charge >= 0.3 is 0 Å². The molecule has 0 unspecified atom stereocenters. The van der Waals surface area contributed by atoms with Gasteiger partial charge in [-0.3, -0.25) is 4.79 Å². The fourth-order valence-corrected chi connectivity index (χ4v) is 5.98. The lowest BCUT2D eigenvalue weighted by Gasteiger charge is -2.29. The smallest absolute Gasteiger partial charge is 0.228 e. The van der Waals surface area contributed by atoms with E-state index < -0.39 is 17.0 Å². The standard InChI is InChI=1S/C28H31ClF2N2O/c1-4-26(2,3)25(34)33-13-12-28(18-33)17-27(28,15-20-6-5-7-23(30)24(20)31)11-10-19-8-9-21(16-32)22(29)14-19/h5-9,14H,4,10-13,15,17-18H2,1-3H3/t27-,28+/m1/s1. The monoisotopic (exact) mass is 484 g/mol. The van der Waals surface area contributed by atoms with Gasteiger partial charge in [0, 0.05) is 18.5 Å². The Balaban J connectivity index is 1.59. The van der Waals surface area contributed by atoms with Crippen LogP contribution in [0.3, 0.4) is 0 Å². The normalized spacial score (nSPS) is 23.9. The summed E-state index contributed by atoms with van der Waals surface area (Å²) in [4.78, 5) is 15.1. The van der Waals surface area contributed by atoms with Crippen LogP contribution in [0.25, 0.3) is 0 Å². The van der Waals surface area contributed by atoms with Crippen molar-refractivity contribution in [1.82, 2.24) is 4.90 Å². The van der Waals surface area contributed by atoms with Crippen LogP contribution in [0.1, 0.15) is 63.1 Å². The molecule has 0 radical (unpaired) electrons. The van der Waals surface area contributed by atoms with Crippen molar-refractivity contribution < 1.29 is 13.6 Å². The summed E-state index contributed by atoms with van der Waals surface area (Å²) in [7, 11) is 0. The number of benzene rings is 2. The van der Waals surface area contributed by atoms with Crippen molar-refractivity contribution in [2.75, 3.05) is 13.1 Å². The van der Waals surface area contributed by atoms with Crippen LogP contribution in [-0.2, 0) is 17.6 Å². The Morgan fingerprint density at radius 1 is 1.26 bits per heavy atom. The molecule has 0 N–H and O–H groups in total. The highest BCUT2D eigenvalue weighted by atomic mass is 35.5. The number of rotatable bonds is 7. The number of carbonyl (C=O) groups excluding carboxylic acids is 1. The van der Waals surface area contributed by atoms with Crippen molar-refractivity contribution >= 4 is 17.5 Å². The molecule has 0 bridgehead atoms. The SMILES string of the molecule is CCC(C)(C)C(=O)N1CC[C@@]2(C1)C[C@@]2(CCc1ccc(C#N)c(Cl)c1)Cc1cccc(F)c1F. The van der Waals surface area contributed by atoms with Crippen LogP contribution in [0.2, 0.25) is 5.02 Å². The van der Waals surface area contributed by atoms with Crippen LogP contribution in [0.4, 0.5) is 8.78 Å². The molecule has 2 fully saturated rings. The third kappa shape index (κ3) is 4.33. The number of nitriles is 1. The molecule has 1 aliphatic carbocycles. The van der Waals surface area contributed by atoms with Gasteiger partial charge in [0.15, 0.2) is 11.6 Å². The van der Waals surface area contributed by atoms with Crippen molar-refractivity contribution in [3.05, 3.63) is 69.7 Å². The second-order valence-electron chi connectivity index (χ2n) is 10.8. The van der Waals surface area contributed by atoms with Gasteiger partial charge in [0.05, 0.1) is 10.6 Å². The zero-order valence-corrected chi connectivity index (χ0v) is 20.8. The predicted octanol–water partition coefficient (Wildman–Crippen LogP) is 6.71. The Morgan fingerprint density at radius 3 is 2.71 bits per heavy atom. The molecule has 1 saturated heterocycles. The van der Waals surface area contributed by atoms with Crippen LogP contribution in [0.15, 0.2) is 36.4 Å². The second kappa shape index (κ2) is 8.96. The highest BCUT2D eigenvalue weighted by Crippen LogP contribution is 2.71. The molecule has 6 heteroatoms. The Morgan fingerprint density at radius 2 is 2.03 bits per heavy atom. The van der Waals surface area contributed by atoms with E-state index in [-0.39, 0.29) is 16.7 Å². The van der Waals surface area contributed by atoms with Crippen LogP contribution >= 0.6 is 11.6 Å². The largest absolute Gasteiger partial charge is 0.342 e. The van der Waals surface area contributed by atoms with Gasteiger partial charge in [0.25, 0.3) is 0 Å². The molecule has 2 aliphatic rings. The summed E-state index contributed by atoms with van der Waals surface area (Å²) in [6, 6.07) is 11.9. The van der Waals surface area contributed by atoms with Gasteiger partial charge in [-0.05, 0) is 78.7 Å². The van der Waals surface area contributed by atoms with E-state index in [1.54, 1.807) is 18.2 Å². The molecular weight excluding hydrogens is 454 g/mol. The summed E-state index contributed by atoms with van der Waals surface area (Å²) < 4.78 is 28.6. The van der Waals surface area contributed by atoms with Crippen molar-refractivity contribution in [1.29, 1.82) is 5.26 Å². The van der Waals surface area contributed by atoms with Crippen molar-refractivity contribution in [3.8, 4) is 6.07 Å². The number of amides is 1. The topological polar surface area (TPSA) is 44.1 Å². The third-order valence-corrected chi connectivity index (χ3v) is 8.70. The Hall–Kier alpha value is -2.45. The molecule has 34 heavy (non-hydrogen) atoms. The molecule has 1 heterocycles. The van der Waals surface area contributed by atoms with Gasteiger partial charge in [-0.1, -0.05) is 50.6 Å². The van der Waals surface area contributed by atoms with E-state index in [9.17, 15) is 13.6 Å². The molecule has 2 atom stereocenters. The molecule has 0 aromatic heterocycles. The molecule has 1 spiro atoms. The summed E-state index contributed by atoms with van der Waals surface area (Å²) in [5, 5.41) is 9.57. The van der Waals surface area contributed by atoms with E-state index in [4.69, 9.17) is 16.9 Å². The van der Waals surface area contributed by atoms with Crippen molar-refractivity contribution in [2.45, 2.75) is 59.3 Å². The van der Waals surface area contributed by atoms with Crippen LogP contribution < -0.4 is 0 Å². The quantitative estimate of drug-likeness (QED) is 0.438. The van der Waals surface area contributed by atoms with E-state index in [0.29, 0.717) is 35.7 Å². The zero-order chi connectivity index (χ0) is 24.7. The van der Waals surface area contributed by atoms with Gasteiger partial charge in [-0.2, -0.15) is 5.26 Å². The maximum atomic E-state index is 14.7. The van der Waals surface area contributed by atoms with Gasteiger partial charge in [0.2, 0.25) is 5.91 Å². The second-order valence-corrected chi connectivity index (χ2v) is 11.2. The molecule has 3 nitrogen and oxygen atoms in total. The first-order valence-electron chi connectivity index (χ1n) is 12.0. The summed E-state index contributed by atoms with van der Waals surface area (Å²) in [5.41, 5.74) is 1.15. The molecule has 4 rings (SSSR count). The Kier molecular flexibility index (Phi) is 6.50. The molecule has 1 aliphatic heterocycles.